The van der Waals surface area contributed by atoms with Crippen molar-refractivity contribution >= 4 is 23.2 Å². The van der Waals surface area contributed by atoms with E-state index >= 15 is 0 Å². The Bertz CT molecular complexity index is 1110. The summed E-state index contributed by atoms with van der Waals surface area (Å²) < 4.78 is 5.47. The molecule has 0 N–H and O–H groups in total. The lowest BCUT2D eigenvalue weighted by Crippen LogP contribution is -2.47. The SMILES string of the molecule is Cc1ccc(CN(Cc2ccccc2)C(=O)CN(CCN2CCOCC2)C(=O)CCc2ccccc2)s1. The number of aryl methyl sites for hydroxylation is 2. The summed E-state index contributed by atoms with van der Waals surface area (Å²) in [6.07, 6.45) is 1.06. The summed E-state index contributed by atoms with van der Waals surface area (Å²) in [6.45, 7) is 7.67. The molecule has 37 heavy (non-hydrogen) atoms. The zero-order valence-corrected chi connectivity index (χ0v) is 22.5. The molecule has 0 aliphatic carbocycles. The smallest absolute Gasteiger partial charge is 0.242 e. The predicted octanol–water partition coefficient (Wildman–Crippen LogP) is 4.38. The predicted molar refractivity (Wildman–Crippen MR) is 148 cm³/mol. The Balaban J connectivity index is 1.45. The molecule has 0 bridgehead atoms. The second kappa shape index (κ2) is 14.1. The number of amides is 2. The van der Waals surface area contributed by atoms with E-state index in [4.69, 9.17) is 4.74 Å². The first-order chi connectivity index (χ1) is 18.1. The second-order valence-electron chi connectivity index (χ2n) is 9.50. The highest BCUT2D eigenvalue weighted by Crippen LogP contribution is 2.19. The summed E-state index contributed by atoms with van der Waals surface area (Å²) in [5.41, 5.74) is 2.22. The molecule has 2 aromatic carbocycles. The van der Waals surface area contributed by atoms with Crippen LogP contribution in [-0.4, -0.2) is 72.5 Å². The number of nitrogens with zero attached hydrogens (tertiary/aromatic N) is 3. The van der Waals surface area contributed by atoms with Gasteiger partial charge in [-0.15, -0.1) is 11.3 Å². The van der Waals surface area contributed by atoms with Crippen molar-refractivity contribution in [2.45, 2.75) is 32.9 Å². The average molecular weight is 520 g/mol. The number of morpholine rings is 1. The summed E-state index contributed by atoms with van der Waals surface area (Å²) in [4.78, 5) is 35.4. The molecule has 196 valence electrons. The van der Waals surface area contributed by atoms with Crippen LogP contribution < -0.4 is 0 Å². The molecule has 1 aromatic heterocycles. The third kappa shape index (κ3) is 8.81. The first kappa shape index (κ1) is 27.0. The van der Waals surface area contributed by atoms with E-state index in [1.54, 1.807) is 16.2 Å². The molecule has 2 heterocycles. The zero-order valence-electron chi connectivity index (χ0n) is 21.7. The van der Waals surface area contributed by atoms with Crippen LogP contribution in [0.3, 0.4) is 0 Å². The molecule has 6 nitrogen and oxygen atoms in total. The molecule has 1 saturated heterocycles. The molecule has 7 heteroatoms. The van der Waals surface area contributed by atoms with Gasteiger partial charge in [-0.3, -0.25) is 14.5 Å². The monoisotopic (exact) mass is 519 g/mol. The molecular weight excluding hydrogens is 482 g/mol. The molecule has 0 radical (unpaired) electrons. The minimum Gasteiger partial charge on any atom is -0.379 e. The molecule has 3 aromatic rings. The maximum absolute atomic E-state index is 13.7. The number of ether oxygens (including phenoxy) is 1. The van der Waals surface area contributed by atoms with Gasteiger partial charge in [-0.2, -0.15) is 0 Å². The highest BCUT2D eigenvalue weighted by Gasteiger charge is 2.23. The number of carbonyl (C=O) groups is 2. The molecule has 0 unspecified atom stereocenters. The summed E-state index contributed by atoms with van der Waals surface area (Å²) >= 11 is 1.71. The fourth-order valence-corrected chi connectivity index (χ4v) is 5.40. The van der Waals surface area contributed by atoms with Gasteiger partial charge in [0, 0.05) is 48.9 Å². The fraction of sp³-hybridized carbons (Fsp3) is 0.400. The van der Waals surface area contributed by atoms with Gasteiger partial charge in [0.25, 0.3) is 0 Å². The Morgan fingerprint density at radius 1 is 0.838 bits per heavy atom. The van der Waals surface area contributed by atoms with E-state index < -0.39 is 0 Å². The molecule has 0 atom stereocenters. The lowest BCUT2D eigenvalue weighted by atomic mass is 10.1. The molecule has 1 fully saturated rings. The van der Waals surface area contributed by atoms with E-state index in [0.29, 0.717) is 45.7 Å². The third-order valence-corrected chi connectivity index (χ3v) is 7.64. The highest BCUT2D eigenvalue weighted by molar-refractivity contribution is 7.11. The van der Waals surface area contributed by atoms with E-state index in [-0.39, 0.29) is 18.4 Å². The van der Waals surface area contributed by atoms with Crippen LogP contribution in [-0.2, 0) is 33.8 Å². The fourth-order valence-electron chi connectivity index (χ4n) is 4.49. The number of benzene rings is 2. The summed E-state index contributed by atoms with van der Waals surface area (Å²) in [6, 6.07) is 24.3. The standard InChI is InChI=1S/C30H37N3O3S/c1-25-12-14-28(37-25)23-33(22-27-10-6-3-7-11-27)30(35)24-32(17-16-31-18-20-36-21-19-31)29(34)15-13-26-8-4-2-5-9-26/h2-12,14H,13,15-24H2,1H3. The lowest BCUT2D eigenvalue weighted by Gasteiger charge is -2.31. The minimum atomic E-state index is -0.0232. The van der Waals surface area contributed by atoms with Crippen LogP contribution in [0, 0.1) is 6.92 Å². The topological polar surface area (TPSA) is 53.1 Å². The van der Waals surface area contributed by atoms with Crippen LogP contribution >= 0.6 is 11.3 Å². The number of thiophene rings is 1. The van der Waals surface area contributed by atoms with E-state index in [1.165, 1.54) is 4.88 Å². The van der Waals surface area contributed by atoms with Crippen LogP contribution in [0.4, 0.5) is 0 Å². The average Bonchev–Trinajstić information content (AvgIpc) is 3.35. The molecule has 4 rings (SSSR count). The Morgan fingerprint density at radius 2 is 1.51 bits per heavy atom. The maximum atomic E-state index is 13.7. The number of carbonyl (C=O) groups excluding carboxylic acids is 2. The first-order valence-electron chi connectivity index (χ1n) is 13.1. The molecule has 0 spiro atoms. The molecule has 0 saturated carbocycles. The molecular formula is C30H37N3O3S. The van der Waals surface area contributed by atoms with E-state index in [2.05, 4.69) is 24.0 Å². The quantitative estimate of drug-likeness (QED) is 0.356. The summed E-state index contributed by atoms with van der Waals surface area (Å²) in [7, 11) is 0. The van der Waals surface area contributed by atoms with Gasteiger partial charge in [-0.1, -0.05) is 60.7 Å². The highest BCUT2D eigenvalue weighted by atomic mass is 32.1. The van der Waals surface area contributed by atoms with Crippen molar-refractivity contribution < 1.29 is 14.3 Å². The van der Waals surface area contributed by atoms with Crippen LogP contribution in [0.2, 0.25) is 0 Å². The molecule has 2 amide bonds. The molecule has 1 aliphatic rings. The number of hydrogen-bond acceptors (Lipinski definition) is 5. The van der Waals surface area contributed by atoms with Gasteiger partial charge < -0.3 is 14.5 Å². The lowest BCUT2D eigenvalue weighted by molar-refractivity contribution is -0.141. The van der Waals surface area contributed by atoms with Gasteiger partial charge in [0.15, 0.2) is 0 Å². The minimum absolute atomic E-state index is 0.0232. The summed E-state index contributed by atoms with van der Waals surface area (Å²) in [5, 5.41) is 0. The van der Waals surface area contributed by atoms with Gasteiger partial charge in [0.05, 0.1) is 26.3 Å². The van der Waals surface area contributed by atoms with Crippen molar-refractivity contribution in [3.05, 3.63) is 93.7 Å². The number of rotatable bonds is 12. The van der Waals surface area contributed by atoms with Crippen LogP contribution in [0.1, 0.15) is 27.3 Å². The Kier molecular flexibility index (Phi) is 10.3. The van der Waals surface area contributed by atoms with Gasteiger partial charge in [-0.25, -0.2) is 0 Å². The van der Waals surface area contributed by atoms with Gasteiger partial charge in [0.1, 0.15) is 0 Å². The van der Waals surface area contributed by atoms with Crippen molar-refractivity contribution in [3.8, 4) is 0 Å². The van der Waals surface area contributed by atoms with Crippen molar-refractivity contribution in [1.82, 2.24) is 14.7 Å². The van der Waals surface area contributed by atoms with Gasteiger partial charge in [-0.05, 0) is 36.6 Å². The largest absolute Gasteiger partial charge is 0.379 e. The van der Waals surface area contributed by atoms with E-state index in [0.717, 1.165) is 35.6 Å². The zero-order chi connectivity index (χ0) is 25.9. The second-order valence-corrected chi connectivity index (χ2v) is 10.9. The van der Waals surface area contributed by atoms with E-state index in [9.17, 15) is 9.59 Å². The Hall–Kier alpha value is -3.00. The van der Waals surface area contributed by atoms with Crippen LogP contribution in [0.5, 0.6) is 0 Å². The molecule has 1 aliphatic heterocycles. The van der Waals surface area contributed by atoms with Gasteiger partial charge in [0.2, 0.25) is 11.8 Å². The van der Waals surface area contributed by atoms with Crippen molar-refractivity contribution in [1.29, 1.82) is 0 Å². The Morgan fingerprint density at radius 3 is 2.16 bits per heavy atom. The Labute approximate surface area is 224 Å². The van der Waals surface area contributed by atoms with Crippen molar-refractivity contribution in [2.75, 3.05) is 45.9 Å². The third-order valence-electron chi connectivity index (χ3n) is 6.65. The summed E-state index contributed by atoms with van der Waals surface area (Å²) in [5.74, 6) is 0.00189. The normalized spacial score (nSPS) is 13.9. The first-order valence-corrected chi connectivity index (χ1v) is 13.9. The van der Waals surface area contributed by atoms with Crippen LogP contribution in [0.15, 0.2) is 72.8 Å². The maximum Gasteiger partial charge on any atom is 0.242 e. The van der Waals surface area contributed by atoms with E-state index in [1.807, 2.05) is 65.6 Å². The van der Waals surface area contributed by atoms with Crippen LogP contribution in [0.25, 0.3) is 0 Å². The van der Waals surface area contributed by atoms with Crippen molar-refractivity contribution in [2.24, 2.45) is 0 Å². The van der Waals surface area contributed by atoms with Gasteiger partial charge >= 0.3 is 0 Å². The number of hydrogen-bond donors (Lipinski definition) is 0. The van der Waals surface area contributed by atoms with Crippen molar-refractivity contribution in [3.63, 3.8) is 0 Å².